The number of aromatic nitrogens is 7. The summed E-state index contributed by atoms with van der Waals surface area (Å²) in [5.74, 6) is -0.928. The second-order valence-corrected chi connectivity index (χ2v) is 11.4. The predicted molar refractivity (Wildman–Crippen MR) is 143 cm³/mol. The Bertz CT molecular complexity index is 2000. The van der Waals surface area contributed by atoms with Crippen molar-refractivity contribution in [2.24, 2.45) is 0 Å². The average Bonchev–Trinajstić information content (AvgIpc) is 3.51. The largest absolute Gasteiger partial charge is 0.397 e. The summed E-state index contributed by atoms with van der Waals surface area (Å²) >= 11 is 0. The molecule has 0 saturated heterocycles. The molecule has 10 nitrogen and oxygen atoms in total. The maximum atomic E-state index is 15.8. The van der Waals surface area contributed by atoms with Gasteiger partial charge in [0.1, 0.15) is 27.2 Å². The number of imidazole rings is 1. The summed E-state index contributed by atoms with van der Waals surface area (Å²) in [6, 6.07) is 7.67. The molecule has 0 spiro atoms. The fourth-order valence-electron chi connectivity index (χ4n) is 4.45. The van der Waals surface area contributed by atoms with E-state index in [0.29, 0.717) is 39.1 Å². The van der Waals surface area contributed by atoms with Crippen molar-refractivity contribution < 1.29 is 17.2 Å². The maximum absolute atomic E-state index is 15.8. The number of hydrogen-bond acceptors (Lipinski definition) is 8. The van der Waals surface area contributed by atoms with E-state index < -0.39 is 21.5 Å². The number of hydrogen-bond donors (Lipinski definition) is 3. The standard InChI is InChI=1S/C26H20F2N8O2S/c1-39(37,38)5-3-13-6-14(8-16(27)7-13)18-2-4-31-25-22(18)33-26(34-25)23-20-21(28)19(12-32-24(20)36-35-23)15-9-17(29)11-30-10-15/h2,4,6-12H,3,5,29H2,1H3,(H,31,33,34)(H,32,35,36). The Morgan fingerprint density at radius 2 is 1.82 bits per heavy atom. The zero-order valence-electron chi connectivity index (χ0n) is 20.4. The van der Waals surface area contributed by atoms with Gasteiger partial charge in [-0.2, -0.15) is 5.10 Å². The summed E-state index contributed by atoms with van der Waals surface area (Å²) in [7, 11) is -3.22. The number of nitrogens with one attached hydrogen (secondary N) is 2. The van der Waals surface area contributed by atoms with Crippen molar-refractivity contribution in [3.05, 3.63) is 72.3 Å². The van der Waals surface area contributed by atoms with Gasteiger partial charge in [0, 0.05) is 47.7 Å². The minimum atomic E-state index is -3.22. The van der Waals surface area contributed by atoms with Crippen LogP contribution in [0, 0.1) is 11.6 Å². The number of anilines is 1. The van der Waals surface area contributed by atoms with Gasteiger partial charge in [-0.15, -0.1) is 0 Å². The third-order valence-electron chi connectivity index (χ3n) is 6.25. The number of nitrogen functional groups attached to an aromatic ring is 1. The van der Waals surface area contributed by atoms with Crippen molar-refractivity contribution in [3.8, 4) is 33.8 Å². The van der Waals surface area contributed by atoms with Crippen molar-refractivity contribution in [2.75, 3.05) is 17.7 Å². The lowest BCUT2D eigenvalue weighted by Gasteiger charge is -2.07. The molecule has 0 aliphatic rings. The number of nitrogens with zero attached hydrogens (tertiary/aromatic N) is 5. The minimum absolute atomic E-state index is 0.101. The van der Waals surface area contributed by atoms with Crippen LogP contribution in [-0.2, 0) is 16.3 Å². The lowest BCUT2D eigenvalue weighted by Crippen LogP contribution is -2.06. The number of pyridine rings is 3. The quantitative estimate of drug-likeness (QED) is 0.282. The van der Waals surface area contributed by atoms with Crippen LogP contribution in [0.3, 0.4) is 0 Å². The molecule has 6 rings (SSSR count). The van der Waals surface area contributed by atoms with Crippen LogP contribution >= 0.6 is 0 Å². The zero-order valence-corrected chi connectivity index (χ0v) is 21.2. The van der Waals surface area contributed by atoms with Crippen LogP contribution in [0.5, 0.6) is 0 Å². The summed E-state index contributed by atoms with van der Waals surface area (Å²) in [5.41, 5.74) is 9.71. The van der Waals surface area contributed by atoms with Crippen molar-refractivity contribution in [3.63, 3.8) is 0 Å². The lowest BCUT2D eigenvalue weighted by molar-refractivity contribution is 0.600. The fraction of sp³-hybridized carbons (Fsp3) is 0.115. The van der Waals surface area contributed by atoms with Crippen LogP contribution in [0.25, 0.3) is 56.0 Å². The number of aromatic amines is 2. The van der Waals surface area contributed by atoms with Crippen LogP contribution in [0.1, 0.15) is 5.56 Å². The number of nitrogens with two attached hydrogens (primary N) is 1. The number of benzene rings is 1. The molecule has 39 heavy (non-hydrogen) atoms. The molecule has 0 radical (unpaired) electrons. The Kier molecular flexibility index (Phi) is 5.79. The van der Waals surface area contributed by atoms with Gasteiger partial charge >= 0.3 is 0 Å². The van der Waals surface area contributed by atoms with E-state index in [1.54, 1.807) is 18.2 Å². The van der Waals surface area contributed by atoms with Gasteiger partial charge in [0.2, 0.25) is 0 Å². The van der Waals surface area contributed by atoms with Crippen LogP contribution in [0.15, 0.2) is 55.1 Å². The highest BCUT2D eigenvalue weighted by Gasteiger charge is 2.21. The van der Waals surface area contributed by atoms with Crippen molar-refractivity contribution >= 4 is 37.7 Å². The summed E-state index contributed by atoms with van der Waals surface area (Å²) in [4.78, 5) is 20.3. The topological polar surface area (TPSA) is 156 Å². The first kappa shape index (κ1) is 24.6. The van der Waals surface area contributed by atoms with Crippen molar-refractivity contribution in [1.29, 1.82) is 0 Å². The van der Waals surface area contributed by atoms with Gasteiger partial charge in [0.25, 0.3) is 0 Å². The van der Waals surface area contributed by atoms with Crippen LogP contribution in [-0.4, -0.2) is 55.5 Å². The molecule has 1 aromatic carbocycles. The molecule has 0 fully saturated rings. The minimum Gasteiger partial charge on any atom is -0.397 e. The van der Waals surface area contributed by atoms with Gasteiger partial charge in [0.15, 0.2) is 17.1 Å². The highest BCUT2D eigenvalue weighted by molar-refractivity contribution is 7.90. The van der Waals surface area contributed by atoms with Crippen molar-refractivity contribution in [1.82, 2.24) is 35.1 Å². The van der Waals surface area contributed by atoms with Gasteiger partial charge in [-0.3, -0.25) is 10.1 Å². The third-order valence-corrected chi connectivity index (χ3v) is 7.19. The molecule has 4 N–H and O–H groups in total. The summed E-state index contributed by atoms with van der Waals surface area (Å²) < 4.78 is 53.5. The first-order chi connectivity index (χ1) is 18.7. The van der Waals surface area contributed by atoms with Gasteiger partial charge in [-0.1, -0.05) is 6.07 Å². The van der Waals surface area contributed by atoms with Gasteiger partial charge in [-0.05, 0) is 41.8 Å². The molecule has 0 aliphatic carbocycles. The van der Waals surface area contributed by atoms with E-state index in [-0.39, 0.29) is 40.3 Å². The molecule has 0 atom stereocenters. The summed E-state index contributed by atoms with van der Waals surface area (Å²) in [5, 5.41) is 7.04. The SMILES string of the molecule is CS(=O)(=O)CCc1cc(F)cc(-c2ccnc3nc(-c4[nH]nc5ncc(-c6cncc(N)c6)c(F)c45)[nH]c23)c1. The Labute approximate surface area is 220 Å². The second kappa shape index (κ2) is 9.20. The van der Waals surface area contributed by atoms with E-state index in [0.717, 1.165) is 6.26 Å². The van der Waals surface area contributed by atoms with E-state index in [1.807, 2.05) is 0 Å². The van der Waals surface area contributed by atoms with Crippen LogP contribution in [0.4, 0.5) is 14.5 Å². The maximum Gasteiger partial charge on any atom is 0.184 e. The number of sulfone groups is 1. The number of H-pyrrole nitrogens is 2. The Hall–Kier alpha value is -4.78. The summed E-state index contributed by atoms with van der Waals surface area (Å²) in [6.45, 7) is 0. The number of aryl methyl sites for hydroxylation is 1. The lowest BCUT2D eigenvalue weighted by atomic mass is 10.0. The van der Waals surface area contributed by atoms with E-state index in [2.05, 4.69) is 35.1 Å². The molecule has 0 unspecified atom stereocenters. The Morgan fingerprint density at radius 3 is 2.62 bits per heavy atom. The van der Waals surface area contributed by atoms with Gasteiger partial charge in [0.05, 0.1) is 22.3 Å². The first-order valence-electron chi connectivity index (χ1n) is 11.7. The first-order valence-corrected chi connectivity index (χ1v) is 13.8. The smallest absolute Gasteiger partial charge is 0.184 e. The van der Waals surface area contributed by atoms with Crippen LogP contribution < -0.4 is 5.73 Å². The molecular formula is C26H20F2N8O2S. The normalized spacial score (nSPS) is 12.0. The molecule has 0 saturated carbocycles. The van der Waals surface area contributed by atoms with E-state index >= 15 is 4.39 Å². The molecule has 0 amide bonds. The molecule has 13 heteroatoms. The second-order valence-electron chi connectivity index (χ2n) is 9.16. The summed E-state index contributed by atoms with van der Waals surface area (Å²) in [6.07, 6.45) is 7.15. The monoisotopic (exact) mass is 546 g/mol. The number of fused-ring (bicyclic) bond motifs is 2. The van der Waals surface area contributed by atoms with E-state index in [4.69, 9.17) is 5.73 Å². The van der Waals surface area contributed by atoms with E-state index in [1.165, 1.54) is 36.9 Å². The molecule has 0 aliphatic heterocycles. The predicted octanol–water partition coefficient (Wildman–Crippen LogP) is 4.07. The highest BCUT2D eigenvalue weighted by atomic mass is 32.2. The Balaban J connectivity index is 1.46. The molecule has 5 aromatic heterocycles. The number of halogens is 2. The van der Waals surface area contributed by atoms with Crippen molar-refractivity contribution in [2.45, 2.75) is 6.42 Å². The highest BCUT2D eigenvalue weighted by Crippen LogP contribution is 2.34. The van der Waals surface area contributed by atoms with Gasteiger partial charge in [-0.25, -0.2) is 32.2 Å². The molecule has 6 aromatic rings. The molecule has 196 valence electrons. The van der Waals surface area contributed by atoms with Crippen LogP contribution in [0.2, 0.25) is 0 Å². The molecule has 0 bridgehead atoms. The number of rotatable bonds is 6. The molecular weight excluding hydrogens is 526 g/mol. The third kappa shape index (κ3) is 4.68. The van der Waals surface area contributed by atoms with Gasteiger partial charge < -0.3 is 10.7 Å². The fourth-order valence-corrected chi connectivity index (χ4v) is 5.06. The molecule has 5 heterocycles. The van der Waals surface area contributed by atoms with E-state index in [9.17, 15) is 12.8 Å². The average molecular weight is 547 g/mol. The zero-order chi connectivity index (χ0) is 27.3. The Morgan fingerprint density at radius 1 is 0.974 bits per heavy atom.